The lowest BCUT2D eigenvalue weighted by Gasteiger charge is -2.34. The molecule has 2 rings (SSSR count). The van der Waals surface area contributed by atoms with Gasteiger partial charge in [0.25, 0.3) is 0 Å². The standard InChI is InChI=1S/C24H38OSi2/c1-11-15-25-23-19(24(3,4)5)16-18(2)17-22(23)27(9,10)21-14-12-13-20(21)26(6,7)8/h11-13,16-17H,1,14-15H2,2-10H3. The minimum absolute atomic E-state index is 0.0473. The van der Waals surface area contributed by atoms with Crippen LogP contribution in [0.3, 0.4) is 0 Å². The molecule has 0 fully saturated rings. The third kappa shape index (κ3) is 4.57. The summed E-state index contributed by atoms with van der Waals surface area (Å²) in [6.45, 7) is 25.9. The van der Waals surface area contributed by atoms with E-state index in [2.05, 4.69) is 91.3 Å². The van der Waals surface area contributed by atoms with Crippen molar-refractivity contribution in [3.63, 3.8) is 0 Å². The molecule has 0 spiro atoms. The van der Waals surface area contributed by atoms with Crippen LogP contribution in [0.25, 0.3) is 0 Å². The molecule has 3 heteroatoms. The number of benzene rings is 1. The molecule has 0 amide bonds. The maximum absolute atomic E-state index is 6.35. The van der Waals surface area contributed by atoms with Crippen LogP contribution in [0.2, 0.25) is 32.7 Å². The molecule has 148 valence electrons. The molecule has 0 heterocycles. The van der Waals surface area contributed by atoms with Crippen molar-refractivity contribution in [1.82, 2.24) is 0 Å². The van der Waals surface area contributed by atoms with Gasteiger partial charge in [0.05, 0.1) is 8.07 Å². The van der Waals surface area contributed by atoms with Gasteiger partial charge in [-0.1, -0.05) is 106 Å². The van der Waals surface area contributed by atoms with Crippen LogP contribution in [0.15, 0.2) is 47.3 Å². The van der Waals surface area contributed by atoms with Gasteiger partial charge < -0.3 is 4.74 Å². The molecule has 1 aliphatic carbocycles. The zero-order valence-electron chi connectivity index (χ0n) is 18.9. The van der Waals surface area contributed by atoms with E-state index in [1.165, 1.54) is 16.3 Å². The molecule has 0 atom stereocenters. The van der Waals surface area contributed by atoms with E-state index in [1.54, 1.807) is 10.4 Å². The smallest absolute Gasteiger partial charge is 0.123 e. The van der Waals surface area contributed by atoms with Crippen molar-refractivity contribution < 1.29 is 4.74 Å². The highest BCUT2D eigenvalue weighted by molar-refractivity contribution is 6.98. The van der Waals surface area contributed by atoms with E-state index in [0.717, 1.165) is 12.2 Å². The summed E-state index contributed by atoms with van der Waals surface area (Å²) in [5.74, 6) is 1.11. The molecule has 27 heavy (non-hydrogen) atoms. The lowest BCUT2D eigenvalue weighted by atomic mass is 9.85. The molecule has 0 aliphatic heterocycles. The van der Waals surface area contributed by atoms with Crippen molar-refractivity contribution >= 4 is 21.3 Å². The number of hydrogen-bond donors (Lipinski definition) is 0. The molecule has 1 aromatic carbocycles. The second-order valence-corrected chi connectivity index (χ2v) is 19.8. The quantitative estimate of drug-likeness (QED) is 0.395. The summed E-state index contributed by atoms with van der Waals surface area (Å²) in [4.78, 5) is 0. The number of ether oxygens (including phenoxy) is 1. The SMILES string of the molecule is C=CCOc1c(C(C)(C)C)cc(C)cc1[Si](C)(C)C1=C([Si](C)(C)C)C=CC1. The Morgan fingerprint density at radius 3 is 2.26 bits per heavy atom. The summed E-state index contributed by atoms with van der Waals surface area (Å²) in [7, 11) is -3.23. The van der Waals surface area contributed by atoms with E-state index in [1.807, 2.05) is 6.08 Å². The predicted octanol–water partition coefficient (Wildman–Crippen LogP) is 6.45. The van der Waals surface area contributed by atoms with Gasteiger partial charge in [-0.15, -0.1) is 0 Å². The fourth-order valence-corrected chi connectivity index (χ4v) is 10.8. The Bertz CT molecular complexity index is 784. The minimum atomic E-state index is -1.86. The van der Waals surface area contributed by atoms with Crippen molar-refractivity contribution in [1.29, 1.82) is 0 Å². The van der Waals surface area contributed by atoms with Crippen molar-refractivity contribution in [2.75, 3.05) is 6.61 Å². The van der Waals surface area contributed by atoms with Crippen molar-refractivity contribution in [2.45, 2.75) is 72.3 Å². The first-order valence-corrected chi connectivity index (χ1v) is 16.6. The lowest BCUT2D eigenvalue weighted by molar-refractivity contribution is 0.354. The molecule has 0 saturated carbocycles. The van der Waals surface area contributed by atoms with Crippen LogP contribution in [-0.4, -0.2) is 22.8 Å². The monoisotopic (exact) mass is 398 g/mol. The number of aryl methyl sites for hydroxylation is 1. The maximum atomic E-state index is 6.35. The zero-order valence-corrected chi connectivity index (χ0v) is 20.9. The van der Waals surface area contributed by atoms with Gasteiger partial charge in [-0.2, -0.15) is 0 Å². The van der Waals surface area contributed by atoms with Crippen LogP contribution in [0, 0.1) is 6.92 Å². The summed E-state index contributed by atoms with van der Waals surface area (Å²) in [6, 6.07) is 4.71. The summed E-state index contributed by atoms with van der Waals surface area (Å²) in [5.41, 5.74) is 2.70. The zero-order chi connectivity index (χ0) is 20.6. The third-order valence-corrected chi connectivity index (χ3v) is 11.6. The Kier molecular flexibility index (Phi) is 6.18. The van der Waals surface area contributed by atoms with Crippen molar-refractivity contribution in [2.24, 2.45) is 0 Å². The molecule has 1 nitrogen and oxygen atoms in total. The molecule has 0 unspecified atom stereocenters. The largest absolute Gasteiger partial charge is 0.489 e. The number of allylic oxidation sites excluding steroid dienone is 4. The van der Waals surface area contributed by atoms with E-state index in [0.29, 0.717) is 6.61 Å². The first-order valence-electron chi connectivity index (χ1n) is 10.1. The van der Waals surface area contributed by atoms with Crippen LogP contribution in [0.5, 0.6) is 5.75 Å². The predicted molar refractivity (Wildman–Crippen MR) is 127 cm³/mol. The Hall–Kier alpha value is -1.33. The highest BCUT2D eigenvalue weighted by Gasteiger charge is 2.38. The second-order valence-electron chi connectivity index (χ2n) is 10.4. The van der Waals surface area contributed by atoms with Gasteiger partial charge >= 0.3 is 0 Å². The molecule has 1 aromatic rings. The van der Waals surface area contributed by atoms with Gasteiger partial charge in [0, 0.05) is 0 Å². The maximum Gasteiger partial charge on any atom is 0.123 e. The highest BCUT2D eigenvalue weighted by atomic mass is 28.3. The van der Waals surface area contributed by atoms with Crippen LogP contribution in [-0.2, 0) is 5.41 Å². The molecule has 0 bridgehead atoms. The van der Waals surface area contributed by atoms with Gasteiger partial charge in [-0.05, 0) is 29.5 Å². The van der Waals surface area contributed by atoms with Gasteiger partial charge in [-0.3, -0.25) is 0 Å². The van der Waals surface area contributed by atoms with E-state index in [4.69, 9.17) is 4.74 Å². The summed E-state index contributed by atoms with van der Waals surface area (Å²) < 4.78 is 6.35. The third-order valence-electron chi connectivity index (χ3n) is 5.55. The average Bonchev–Trinajstić information content (AvgIpc) is 3.02. The number of hydrogen-bond acceptors (Lipinski definition) is 1. The summed E-state index contributed by atoms with van der Waals surface area (Å²) in [6.07, 6.45) is 7.76. The van der Waals surface area contributed by atoms with Gasteiger partial charge in [-0.25, -0.2) is 0 Å². The van der Waals surface area contributed by atoms with Gasteiger partial charge in [0.2, 0.25) is 0 Å². The number of rotatable bonds is 6. The van der Waals surface area contributed by atoms with Gasteiger partial charge in [0.15, 0.2) is 0 Å². The highest BCUT2D eigenvalue weighted by Crippen LogP contribution is 2.38. The van der Waals surface area contributed by atoms with E-state index in [-0.39, 0.29) is 5.41 Å². The summed E-state index contributed by atoms with van der Waals surface area (Å²) in [5, 5.41) is 4.81. The van der Waals surface area contributed by atoms with Crippen LogP contribution >= 0.6 is 0 Å². The topological polar surface area (TPSA) is 9.23 Å². The molecular formula is C24H38OSi2. The lowest BCUT2D eigenvalue weighted by Crippen LogP contribution is -2.47. The Labute approximate surface area is 169 Å². The Morgan fingerprint density at radius 2 is 1.74 bits per heavy atom. The van der Waals surface area contributed by atoms with Crippen LogP contribution in [0.1, 0.15) is 38.3 Å². The molecule has 0 N–H and O–H groups in total. The molecule has 0 radical (unpaired) electrons. The Morgan fingerprint density at radius 1 is 1.11 bits per heavy atom. The first-order chi connectivity index (χ1) is 12.3. The van der Waals surface area contributed by atoms with E-state index < -0.39 is 16.1 Å². The van der Waals surface area contributed by atoms with Crippen LogP contribution in [0.4, 0.5) is 0 Å². The molecule has 0 aromatic heterocycles. The van der Waals surface area contributed by atoms with Gasteiger partial charge in [0.1, 0.15) is 20.4 Å². The second kappa shape index (κ2) is 7.59. The van der Waals surface area contributed by atoms with Crippen LogP contribution < -0.4 is 9.92 Å². The van der Waals surface area contributed by atoms with E-state index >= 15 is 0 Å². The molecule has 1 aliphatic rings. The fourth-order valence-electron chi connectivity index (χ4n) is 4.05. The first kappa shape index (κ1) is 22.0. The molecular weight excluding hydrogens is 360 g/mol. The van der Waals surface area contributed by atoms with E-state index in [9.17, 15) is 0 Å². The minimum Gasteiger partial charge on any atom is -0.489 e. The van der Waals surface area contributed by atoms with Crippen molar-refractivity contribution in [3.05, 3.63) is 58.5 Å². The normalized spacial score (nSPS) is 15.4. The average molecular weight is 399 g/mol. The Balaban J connectivity index is 2.76. The molecule has 0 saturated heterocycles. The van der Waals surface area contributed by atoms with Crippen molar-refractivity contribution in [3.8, 4) is 5.75 Å². The summed E-state index contributed by atoms with van der Waals surface area (Å²) >= 11 is 0. The fraction of sp³-hybridized carbons (Fsp3) is 0.500.